The molecule has 2 N–H and O–H groups in total. The molecule has 0 aliphatic heterocycles. The monoisotopic (exact) mass is 342 g/mol. The Hall–Kier alpha value is -3.42. The van der Waals surface area contributed by atoms with Crippen LogP contribution in [-0.4, -0.2) is 43.8 Å². The number of hydrazone groups is 1. The van der Waals surface area contributed by atoms with Crippen molar-refractivity contribution in [1.29, 1.82) is 0 Å². The first kappa shape index (κ1) is 17.9. The smallest absolute Gasteiger partial charge is 0.259 e. The summed E-state index contributed by atoms with van der Waals surface area (Å²) in [7, 11) is 2.99. The van der Waals surface area contributed by atoms with Gasteiger partial charge in [0.05, 0.1) is 27.0 Å². The number of nitrogens with zero attached hydrogens (tertiary/aromatic N) is 2. The average Bonchev–Trinajstić information content (AvgIpc) is 2.66. The van der Waals surface area contributed by atoms with Gasteiger partial charge in [-0.25, -0.2) is 5.43 Å². The minimum Gasteiger partial charge on any atom is -0.493 e. The molecule has 0 radical (unpaired) electrons. The number of hydrogen-bond donors (Lipinski definition) is 2. The number of hydrogen-bond acceptors (Lipinski definition) is 6. The van der Waals surface area contributed by atoms with Crippen molar-refractivity contribution >= 4 is 18.0 Å². The fourth-order valence-corrected chi connectivity index (χ4v) is 1.91. The minimum atomic E-state index is -0.445. The van der Waals surface area contributed by atoms with Gasteiger partial charge in [-0.05, 0) is 35.9 Å². The molecular formula is C17H18N4O4. The number of rotatable bonds is 7. The summed E-state index contributed by atoms with van der Waals surface area (Å²) in [6, 6.07) is 8.22. The highest BCUT2D eigenvalue weighted by molar-refractivity contribution is 5.97. The summed E-state index contributed by atoms with van der Waals surface area (Å²) in [6.45, 7) is -0.207. The van der Waals surface area contributed by atoms with Crippen LogP contribution in [0, 0.1) is 0 Å². The molecule has 8 nitrogen and oxygen atoms in total. The molecule has 1 aromatic carbocycles. The first-order valence-corrected chi connectivity index (χ1v) is 7.36. The van der Waals surface area contributed by atoms with Crippen LogP contribution >= 0.6 is 0 Å². The van der Waals surface area contributed by atoms with Gasteiger partial charge in [0.1, 0.15) is 0 Å². The number of carbonyl (C=O) groups is 2. The van der Waals surface area contributed by atoms with Crippen molar-refractivity contribution in [3.8, 4) is 11.5 Å². The van der Waals surface area contributed by atoms with Crippen molar-refractivity contribution in [1.82, 2.24) is 15.7 Å². The lowest BCUT2D eigenvalue weighted by molar-refractivity contribution is -0.120. The van der Waals surface area contributed by atoms with E-state index in [4.69, 9.17) is 9.47 Å². The molecule has 0 aliphatic rings. The van der Waals surface area contributed by atoms with E-state index in [0.717, 1.165) is 5.56 Å². The minimum absolute atomic E-state index is 0.207. The lowest BCUT2D eigenvalue weighted by atomic mass is 10.2. The summed E-state index contributed by atoms with van der Waals surface area (Å²) in [4.78, 5) is 27.7. The van der Waals surface area contributed by atoms with Crippen molar-refractivity contribution < 1.29 is 19.1 Å². The number of pyridine rings is 1. The molecular weight excluding hydrogens is 324 g/mol. The van der Waals surface area contributed by atoms with E-state index in [-0.39, 0.29) is 6.54 Å². The summed E-state index contributed by atoms with van der Waals surface area (Å²) in [5, 5.41) is 6.31. The molecule has 130 valence electrons. The van der Waals surface area contributed by atoms with Gasteiger partial charge in [0.2, 0.25) is 0 Å². The van der Waals surface area contributed by atoms with Crippen molar-refractivity contribution in [2.24, 2.45) is 5.10 Å². The molecule has 0 saturated carbocycles. The lowest BCUT2D eigenvalue weighted by Gasteiger charge is -2.09. The number of nitrogens with one attached hydrogen (secondary N) is 2. The van der Waals surface area contributed by atoms with Crippen molar-refractivity contribution in [2.75, 3.05) is 20.8 Å². The van der Waals surface area contributed by atoms with Gasteiger partial charge in [0.25, 0.3) is 11.8 Å². The van der Waals surface area contributed by atoms with Gasteiger partial charge in [-0.15, -0.1) is 0 Å². The second-order valence-electron chi connectivity index (χ2n) is 4.83. The number of amides is 2. The molecule has 0 spiro atoms. The van der Waals surface area contributed by atoms with E-state index in [1.165, 1.54) is 26.5 Å². The highest BCUT2D eigenvalue weighted by Crippen LogP contribution is 2.27. The third-order valence-electron chi connectivity index (χ3n) is 3.16. The lowest BCUT2D eigenvalue weighted by Crippen LogP contribution is -2.34. The second kappa shape index (κ2) is 9.02. The van der Waals surface area contributed by atoms with Gasteiger partial charge in [0, 0.05) is 18.0 Å². The Morgan fingerprint density at radius 1 is 1.12 bits per heavy atom. The van der Waals surface area contributed by atoms with E-state index in [1.54, 1.807) is 36.7 Å². The Bertz CT molecular complexity index is 762. The molecule has 2 aromatic rings. The van der Waals surface area contributed by atoms with E-state index in [0.29, 0.717) is 17.1 Å². The fourth-order valence-electron chi connectivity index (χ4n) is 1.91. The molecule has 0 atom stereocenters. The first-order chi connectivity index (χ1) is 12.1. The maximum Gasteiger partial charge on any atom is 0.259 e. The molecule has 0 fully saturated rings. The highest BCUT2D eigenvalue weighted by atomic mass is 16.5. The maximum absolute atomic E-state index is 12.1. The van der Waals surface area contributed by atoms with E-state index in [9.17, 15) is 9.59 Å². The standard InChI is InChI=1S/C17H18N4O4/c1-24-14-4-3-13(9-15(14)25-2)17(23)19-11-16(22)21-20-10-12-5-7-18-8-6-12/h3-10H,11H2,1-2H3,(H,19,23)(H,21,22)/b20-10+. The first-order valence-electron chi connectivity index (χ1n) is 7.36. The van der Waals surface area contributed by atoms with E-state index in [1.807, 2.05) is 0 Å². The summed E-state index contributed by atoms with van der Waals surface area (Å²) < 4.78 is 10.2. The van der Waals surface area contributed by atoms with Crippen LogP contribution in [0.4, 0.5) is 0 Å². The van der Waals surface area contributed by atoms with Gasteiger partial charge in [-0.3, -0.25) is 14.6 Å². The van der Waals surface area contributed by atoms with Crippen LogP contribution in [0.15, 0.2) is 47.8 Å². The SMILES string of the molecule is COc1ccc(C(=O)NCC(=O)N/N=C/c2ccncc2)cc1OC. The van der Waals surface area contributed by atoms with Gasteiger partial charge in [-0.1, -0.05) is 0 Å². The van der Waals surface area contributed by atoms with Crippen LogP contribution in [0.2, 0.25) is 0 Å². The molecule has 0 unspecified atom stereocenters. The fraction of sp³-hybridized carbons (Fsp3) is 0.176. The molecule has 2 amide bonds. The Labute approximate surface area is 144 Å². The predicted molar refractivity (Wildman–Crippen MR) is 91.9 cm³/mol. The summed E-state index contributed by atoms with van der Waals surface area (Å²) in [6.07, 6.45) is 4.72. The number of methoxy groups -OCH3 is 2. The maximum atomic E-state index is 12.1. The molecule has 8 heteroatoms. The quantitative estimate of drug-likeness (QED) is 0.577. The highest BCUT2D eigenvalue weighted by Gasteiger charge is 2.11. The van der Waals surface area contributed by atoms with Gasteiger partial charge in [-0.2, -0.15) is 5.10 Å². The van der Waals surface area contributed by atoms with Crippen LogP contribution in [0.3, 0.4) is 0 Å². The van der Waals surface area contributed by atoms with Crippen molar-refractivity contribution in [2.45, 2.75) is 0 Å². The zero-order chi connectivity index (χ0) is 18.1. The molecule has 2 rings (SSSR count). The van der Waals surface area contributed by atoms with Crippen LogP contribution in [0.1, 0.15) is 15.9 Å². The van der Waals surface area contributed by atoms with E-state index in [2.05, 4.69) is 20.8 Å². The summed E-state index contributed by atoms with van der Waals surface area (Å²) in [5.74, 6) is 0.0946. The van der Waals surface area contributed by atoms with Crippen LogP contribution in [-0.2, 0) is 4.79 Å². The van der Waals surface area contributed by atoms with Crippen molar-refractivity contribution in [3.05, 3.63) is 53.9 Å². The van der Waals surface area contributed by atoms with Crippen LogP contribution in [0.25, 0.3) is 0 Å². The van der Waals surface area contributed by atoms with E-state index < -0.39 is 11.8 Å². The normalized spacial score (nSPS) is 10.3. The second-order valence-corrected chi connectivity index (χ2v) is 4.83. The molecule has 1 heterocycles. The average molecular weight is 342 g/mol. The van der Waals surface area contributed by atoms with Gasteiger partial charge >= 0.3 is 0 Å². The molecule has 1 aromatic heterocycles. The Morgan fingerprint density at radius 2 is 1.84 bits per heavy atom. The Morgan fingerprint density at radius 3 is 2.52 bits per heavy atom. The van der Waals surface area contributed by atoms with E-state index >= 15 is 0 Å². The van der Waals surface area contributed by atoms with Crippen molar-refractivity contribution in [3.63, 3.8) is 0 Å². The van der Waals surface area contributed by atoms with Gasteiger partial charge < -0.3 is 14.8 Å². The largest absolute Gasteiger partial charge is 0.493 e. The zero-order valence-corrected chi connectivity index (χ0v) is 13.9. The molecule has 0 saturated heterocycles. The third kappa shape index (κ3) is 5.31. The third-order valence-corrected chi connectivity index (χ3v) is 3.16. The zero-order valence-electron chi connectivity index (χ0n) is 13.9. The van der Waals surface area contributed by atoms with Crippen LogP contribution in [0.5, 0.6) is 11.5 Å². The summed E-state index contributed by atoms with van der Waals surface area (Å²) in [5.41, 5.74) is 3.48. The number of benzene rings is 1. The number of ether oxygens (including phenoxy) is 2. The number of carbonyl (C=O) groups excluding carboxylic acids is 2. The molecule has 0 bridgehead atoms. The van der Waals surface area contributed by atoms with Gasteiger partial charge in [0.15, 0.2) is 11.5 Å². The molecule has 0 aliphatic carbocycles. The molecule has 25 heavy (non-hydrogen) atoms. The number of aromatic nitrogens is 1. The topological polar surface area (TPSA) is 102 Å². The summed E-state index contributed by atoms with van der Waals surface area (Å²) >= 11 is 0. The predicted octanol–water partition coefficient (Wildman–Crippen LogP) is 0.979. The Balaban J connectivity index is 1.85. The van der Waals surface area contributed by atoms with Crippen LogP contribution < -0.4 is 20.2 Å². The Kier molecular flexibility index (Phi) is 6.47.